The van der Waals surface area contributed by atoms with Crippen LogP contribution in [0.15, 0.2) is 22.9 Å². The van der Waals surface area contributed by atoms with Crippen molar-refractivity contribution in [3.63, 3.8) is 0 Å². The lowest BCUT2D eigenvalue weighted by Crippen LogP contribution is -2.34. The molecule has 2 aromatic heterocycles. The van der Waals surface area contributed by atoms with E-state index in [1.165, 1.54) is 17.4 Å². The summed E-state index contributed by atoms with van der Waals surface area (Å²) in [5, 5.41) is 16.9. The van der Waals surface area contributed by atoms with Crippen molar-refractivity contribution in [2.75, 3.05) is 18.4 Å². The van der Waals surface area contributed by atoms with E-state index in [0.717, 1.165) is 41.9 Å². The minimum Gasteiger partial charge on any atom is -0.446 e. The summed E-state index contributed by atoms with van der Waals surface area (Å²) in [7, 11) is 0. The number of hydrogen-bond donors (Lipinski definition) is 1. The van der Waals surface area contributed by atoms with Crippen LogP contribution in [0.1, 0.15) is 40.8 Å². The van der Waals surface area contributed by atoms with Gasteiger partial charge in [-0.15, -0.1) is 11.3 Å². The van der Waals surface area contributed by atoms with Crippen molar-refractivity contribution in [1.29, 1.82) is 5.26 Å². The van der Waals surface area contributed by atoms with Gasteiger partial charge in [0.05, 0.1) is 5.56 Å². The van der Waals surface area contributed by atoms with Gasteiger partial charge in [-0.25, -0.2) is 4.79 Å². The molecule has 2 aliphatic rings. The Bertz CT molecular complexity index is 966. The van der Waals surface area contributed by atoms with Crippen molar-refractivity contribution >= 4 is 45.8 Å². The molecular formula is C21H21N3O3S2. The fraction of sp³-hybridized carbons (Fsp3) is 0.381. The number of rotatable bonds is 4. The summed E-state index contributed by atoms with van der Waals surface area (Å²) < 4.78 is 5.69. The minimum atomic E-state index is -0.261. The quantitative estimate of drug-likeness (QED) is 0.732. The average molecular weight is 428 g/mol. The Morgan fingerprint density at radius 3 is 2.90 bits per heavy atom. The van der Waals surface area contributed by atoms with Crippen LogP contribution in [0.2, 0.25) is 0 Å². The van der Waals surface area contributed by atoms with Crippen LogP contribution in [0.25, 0.3) is 6.08 Å². The Labute approximate surface area is 177 Å². The number of ether oxygens (including phenoxy) is 1. The van der Waals surface area contributed by atoms with Gasteiger partial charge in [0, 0.05) is 30.5 Å². The number of amides is 2. The normalized spacial score (nSPS) is 18.4. The molecule has 150 valence electrons. The molecule has 2 aromatic rings. The summed E-state index contributed by atoms with van der Waals surface area (Å²) in [5.74, 6) is -0.261. The number of carbonyl (C=O) groups excluding carboxylic acids is 2. The average Bonchev–Trinajstić information content (AvgIpc) is 3.46. The number of thiophene rings is 2. The fourth-order valence-corrected chi connectivity index (χ4v) is 5.57. The number of anilines is 1. The van der Waals surface area contributed by atoms with Crippen LogP contribution in [0, 0.1) is 11.3 Å². The molecule has 1 aliphatic carbocycles. The van der Waals surface area contributed by atoms with Crippen LogP contribution in [0.3, 0.4) is 0 Å². The number of likely N-dealkylation sites (tertiary alicyclic amines) is 1. The van der Waals surface area contributed by atoms with E-state index in [0.29, 0.717) is 29.8 Å². The third-order valence-electron chi connectivity index (χ3n) is 5.17. The number of hydrogen-bond acceptors (Lipinski definition) is 6. The maximum atomic E-state index is 12.3. The van der Waals surface area contributed by atoms with E-state index in [2.05, 4.69) is 11.4 Å². The molecule has 8 heteroatoms. The largest absolute Gasteiger partial charge is 0.446 e. The second kappa shape index (κ2) is 8.80. The molecule has 0 bridgehead atoms. The Morgan fingerprint density at radius 2 is 2.17 bits per heavy atom. The molecule has 1 aliphatic heterocycles. The lowest BCUT2D eigenvalue weighted by atomic mass is 9.94. The van der Waals surface area contributed by atoms with Gasteiger partial charge < -0.3 is 15.0 Å². The predicted octanol–water partition coefficient (Wildman–Crippen LogP) is 4.42. The van der Waals surface area contributed by atoms with E-state index in [1.54, 1.807) is 22.3 Å². The number of nitriles is 1. The molecule has 0 spiro atoms. The summed E-state index contributed by atoms with van der Waals surface area (Å²) in [4.78, 5) is 27.3. The predicted molar refractivity (Wildman–Crippen MR) is 114 cm³/mol. The molecule has 1 fully saturated rings. The first kappa shape index (κ1) is 19.7. The highest BCUT2D eigenvalue weighted by Gasteiger charge is 2.30. The van der Waals surface area contributed by atoms with Crippen LogP contribution in [0.4, 0.5) is 9.80 Å². The highest BCUT2D eigenvalue weighted by Crippen LogP contribution is 2.38. The maximum Gasteiger partial charge on any atom is 0.410 e. The van der Waals surface area contributed by atoms with Crippen molar-refractivity contribution in [3.05, 3.63) is 44.5 Å². The number of carbonyl (C=O) groups is 2. The van der Waals surface area contributed by atoms with Crippen molar-refractivity contribution in [3.8, 4) is 6.07 Å². The van der Waals surface area contributed by atoms with E-state index in [-0.39, 0.29) is 18.1 Å². The van der Waals surface area contributed by atoms with Gasteiger partial charge in [-0.05, 0) is 59.7 Å². The van der Waals surface area contributed by atoms with Gasteiger partial charge in [0.25, 0.3) is 0 Å². The van der Waals surface area contributed by atoms with Gasteiger partial charge in [-0.1, -0.05) is 0 Å². The van der Waals surface area contributed by atoms with Crippen LogP contribution >= 0.6 is 22.7 Å². The van der Waals surface area contributed by atoms with Gasteiger partial charge >= 0.3 is 6.09 Å². The van der Waals surface area contributed by atoms with Crippen molar-refractivity contribution < 1.29 is 14.3 Å². The van der Waals surface area contributed by atoms with Crippen LogP contribution in [0.5, 0.6) is 0 Å². The fourth-order valence-electron chi connectivity index (χ4n) is 3.67. The van der Waals surface area contributed by atoms with Crippen molar-refractivity contribution in [2.45, 2.75) is 38.2 Å². The van der Waals surface area contributed by atoms with Crippen molar-refractivity contribution in [1.82, 2.24) is 4.90 Å². The highest BCUT2D eigenvalue weighted by atomic mass is 32.1. The Hall–Kier alpha value is -2.63. The smallest absolute Gasteiger partial charge is 0.410 e. The summed E-state index contributed by atoms with van der Waals surface area (Å²) >= 11 is 2.98. The lowest BCUT2D eigenvalue weighted by molar-refractivity contribution is -0.111. The maximum absolute atomic E-state index is 12.3. The molecule has 4 rings (SSSR count). The SMILES string of the molecule is N#Cc1c(NC(=O)C=Cc2ccsc2)sc2c1CCC(OC(=O)N1CCCC1)C2. The topological polar surface area (TPSA) is 82.4 Å². The molecular weight excluding hydrogens is 406 g/mol. The number of nitrogens with one attached hydrogen (secondary N) is 1. The van der Waals surface area contributed by atoms with E-state index in [4.69, 9.17) is 4.74 Å². The first-order chi connectivity index (χ1) is 14.1. The molecule has 6 nitrogen and oxygen atoms in total. The molecule has 0 radical (unpaired) electrons. The molecule has 29 heavy (non-hydrogen) atoms. The van der Waals surface area contributed by atoms with Gasteiger partial charge in [0.15, 0.2) is 0 Å². The number of fused-ring (bicyclic) bond motifs is 1. The Morgan fingerprint density at radius 1 is 1.34 bits per heavy atom. The Balaban J connectivity index is 1.42. The second-order valence-electron chi connectivity index (χ2n) is 7.14. The first-order valence-electron chi connectivity index (χ1n) is 9.65. The van der Waals surface area contributed by atoms with Crippen molar-refractivity contribution in [2.24, 2.45) is 0 Å². The van der Waals surface area contributed by atoms with Crippen LogP contribution in [-0.2, 0) is 22.4 Å². The van der Waals surface area contributed by atoms with E-state index < -0.39 is 0 Å². The molecule has 1 atom stereocenters. The third-order valence-corrected chi connectivity index (χ3v) is 7.04. The van der Waals surface area contributed by atoms with Gasteiger partial charge in [0.2, 0.25) is 5.91 Å². The second-order valence-corrected chi connectivity index (χ2v) is 9.03. The zero-order chi connectivity index (χ0) is 20.2. The van der Waals surface area contributed by atoms with Gasteiger partial charge in [-0.2, -0.15) is 16.6 Å². The lowest BCUT2D eigenvalue weighted by Gasteiger charge is -2.25. The molecule has 0 saturated carbocycles. The minimum absolute atomic E-state index is 0.178. The van der Waals surface area contributed by atoms with Gasteiger partial charge in [-0.3, -0.25) is 4.79 Å². The summed E-state index contributed by atoms with van der Waals surface area (Å²) in [6, 6.07) is 4.17. The standard InChI is InChI=1S/C21H21N3O3S2/c22-12-17-16-5-4-15(27-21(26)24-8-1-2-9-24)11-18(16)29-20(17)23-19(25)6-3-14-7-10-28-13-14/h3,6-7,10,13,15H,1-2,4-5,8-9,11H2,(H,23,25). The first-order valence-corrected chi connectivity index (χ1v) is 11.4. The summed E-state index contributed by atoms with van der Waals surface area (Å²) in [6.07, 6.45) is 6.84. The van der Waals surface area contributed by atoms with E-state index in [9.17, 15) is 14.9 Å². The van der Waals surface area contributed by atoms with Crippen LogP contribution < -0.4 is 5.32 Å². The molecule has 3 heterocycles. The molecule has 0 aromatic carbocycles. The molecule has 1 saturated heterocycles. The number of nitrogens with zero attached hydrogens (tertiary/aromatic N) is 2. The van der Waals surface area contributed by atoms with E-state index in [1.807, 2.05) is 16.8 Å². The van der Waals surface area contributed by atoms with Crippen LogP contribution in [-0.4, -0.2) is 36.1 Å². The zero-order valence-corrected chi connectivity index (χ0v) is 17.5. The Kier molecular flexibility index (Phi) is 5.97. The molecule has 1 unspecified atom stereocenters. The molecule has 2 amide bonds. The highest BCUT2D eigenvalue weighted by molar-refractivity contribution is 7.16. The monoisotopic (exact) mass is 427 g/mol. The summed E-state index contributed by atoms with van der Waals surface area (Å²) in [6.45, 7) is 1.53. The van der Waals surface area contributed by atoms with Gasteiger partial charge in [0.1, 0.15) is 17.2 Å². The van der Waals surface area contributed by atoms with E-state index >= 15 is 0 Å². The zero-order valence-electron chi connectivity index (χ0n) is 15.8. The third kappa shape index (κ3) is 4.52. The summed E-state index contributed by atoms with van der Waals surface area (Å²) in [5.41, 5.74) is 2.48. The molecule has 1 N–H and O–H groups in total.